The molecule has 0 spiro atoms. The summed E-state index contributed by atoms with van der Waals surface area (Å²) in [5.74, 6) is 1.62. The summed E-state index contributed by atoms with van der Waals surface area (Å²) in [6.07, 6.45) is 2.49. The standard InChI is InChI=1S/C16H23BrN2O2/c1-11(12-4-5-12)18-16(20)10-19(2)9-13-8-14(17)6-7-15(13)21-3/h6-8,11-12H,4-5,9-10H2,1-3H3,(H,18,20)/t11-/m0/s1. The van der Waals surface area contributed by atoms with Gasteiger partial charge in [0.25, 0.3) is 0 Å². The van der Waals surface area contributed by atoms with E-state index in [1.165, 1.54) is 12.8 Å². The minimum Gasteiger partial charge on any atom is -0.496 e. The maximum Gasteiger partial charge on any atom is 0.234 e. The largest absolute Gasteiger partial charge is 0.496 e. The molecule has 1 aromatic rings. The lowest BCUT2D eigenvalue weighted by Gasteiger charge is -2.20. The highest BCUT2D eigenvalue weighted by atomic mass is 79.9. The lowest BCUT2D eigenvalue weighted by molar-refractivity contribution is -0.122. The molecular formula is C16H23BrN2O2. The number of carbonyl (C=O) groups is 1. The van der Waals surface area contributed by atoms with Crippen LogP contribution in [0.25, 0.3) is 0 Å². The summed E-state index contributed by atoms with van der Waals surface area (Å²) in [6.45, 7) is 3.16. The smallest absolute Gasteiger partial charge is 0.234 e. The van der Waals surface area contributed by atoms with Crippen molar-refractivity contribution in [3.05, 3.63) is 28.2 Å². The molecule has 0 saturated heterocycles. The second kappa shape index (κ2) is 7.27. The minimum absolute atomic E-state index is 0.0888. The number of carbonyl (C=O) groups excluding carboxylic acids is 1. The fourth-order valence-corrected chi connectivity index (χ4v) is 2.88. The Morgan fingerprint density at radius 2 is 2.24 bits per heavy atom. The summed E-state index contributed by atoms with van der Waals surface area (Å²) in [4.78, 5) is 14.0. The molecule has 116 valence electrons. The molecule has 1 amide bonds. The van der Waals surface area contributed by atoms with Gasteiger partial charge in [-0.1, -0.05) is 15.9 Å². The quantitative estimate of drug-likeness (QED) is 0.818. The van der Waals surface area contributed by atoms with Crippen molar-refractivity contribution in [2.75, 3.05) is 20.7 Å². The number of nitrogens with zero attached hydrogens (tertiary/aromatic N) is 1. The van der Waals surface area contributed by atoms with Gasteiger partial charge in [0.2, 0.25) is 5.91 Å². The number of nitrogens with one attached hydrogen (secondary N) is 1. The first-order chi connectivity index (χ1) is 9.99. The molecule has 0 radical (unpaired) electrons. The predicted octanol–water partition coefficient (Wildman–Crippen LogP) is 2.80. The van der Waals surface area contributed by atoms with Gasteiger partial charge in [-0.05, 0) is 50.9 Å². The Labute approximate surface area is 135 Å². The van der Waals surface area contributed by atoms with Crippen LogP contribution in [0, 0.1) is 5.92 Å². The fraction of sp³-hybridized carbons (Fsp3) is 0.562. The summed E-state index contributed by atoms with van der Waals surface area (Å²) < 4.78 is 6.37. The van der Waals surface area contributed by atoms with Crippen LogP contribution in [0.1, 0.15) is 25.3 Å². The van der Waals surface area contributed by atoms with Crippen molar-refractivity contribution in [2.45, 2.75) is 32.4 Å². The molecule has 0 aliphatic heterocycles. The van der Waals surface area contributed by atoms with Crippen LogP contribution in [-0.2, 0) is 11.3 Å². The van der Waals surface area contributed by atoms with E-state index in [2.05, 4.69) is 28.2 Å². The summed E-state index contributed by atoms with van der Waals surface area (Å²) >= 11 is 3.47. The molecule has 2 rings (SSSR count). The number of hydrogen-bond acceptors (Lipinski definition) is 3. The van der Waals surface area contributed by atoms with E-state index in [-0.39, 0.29) is 5.91 Å². The van der Waals surface area contributed by atoms with Gasteiger partial charge < -0.3 is 10.1 Å². The van der Waals surface area contributed by atoms with Gasteiger partial charge in [0, 0.05) is 22.6 Å². The second-order valence-corrected chi connectivity index (χ2v) is 6.74. The Kier molecular flexibility index (Phi) is 5.65. The van der Waals surface area contributed by atoms with Gasteiger partial charge in [0.15, 0.2) is 0 Å². The van der Waals surface area contributed by atoms with Gasteiger partial charge in [-0.2, -0.15) is 0 Å². The molecule has 1 aliphatic carbocycles. The first-order valence-electron chi connectivity index (χ1n) is 7.30. The Morgan fingerprint density at radius 1 is 1.52 bits per heavy atom. The number of rotatable bonds is 7. The van der Waals surface area contributed by atoms with Crippen molar-refractivity contribution in [3.8, 4) is 5.75 Å². The summed E-state index contributed by atoms with van der Waals surface area (Å²) in [7, 11) is 3.61. The molecule has 0 heterocycles. The molecule has 5 heteroatoms. The van der Waals surface area contributed by atoms with Crippen LogP contribution < -0.4 is 10.1 Å². The van der Waals surface area contributed by atoms with Crippen LogP contribution in [0.3, 0.4) is 0 Å². The van der Waals surface area contributed by atoms with Crippen molar-refractivity contribution in [1.82, 2.24) is 10.2 Å². The summed E-state index contributed by atoms with van der Waals surface area (Å²) in [5.41, 5.74) is 1.07. The van der Waals surface area contributed by atoms with Gasteiger partial charge in [0.1, 0.15) is 5.75 Å². The highest BCUT2D eigenvalue weighted by Gasteiger charge is 2.28. The van der Waals surface area contributed by atoms with Crippen molar-refractivity contribution in [2.24, 2.45) is 5.92 Å². The van der Waals surface area contributed by atoms with Crippen molar-refractivity contribution < 1.29 is 9.53 Å². The Balaban J connectivity index is 1.87. The Morgan fingerprint density at radius 3 is 2.86 bits per heavy atom. The summed E-state index contributed by atoms with van der Waals surface area (Å²) in [6, 6.07) is 6.21. The van der Waals surface area contributed by atoms with Crippen LogP contribution in [0.4, 0.5) is 0 Å². The number of benzene rings is 1. The molecule has 21 heavy (non-hydrogen) atoms. The average molecular weight is 355 g/mol. The number of halogens is 1. The van der Waals surface area contributed by atoms with Crippen LogP contribution in [0.15, 0.2) is 22.7 Å². The van der Waals surface area contributed by atoms with Crippen LogP contribution in [-0.4, -0.2) is 37.6 Å². The second-order valence-electron chi connectivity index (χ2n) is 5.82. The van der Waals surface area contributed by atoms with Gasteiger partial charge >= 0.3 is 0 Å². The van der Waals surface area contributed by atoms with Gasteiger partial charge in [-0.25, -0.2) is 0 Å². The van der Waals surface area contributed by atoms with Crippen LogP contribution in [0.5, 0.6) is 5.75 Å². The molecule has 1 fully saturated rings. The van der Waals surface area contributed by atoms with Crippen LogP contribution >= 0.6 is 15.9 Å². The zero-order chi connectivity index (χ0) is 15.4. The van der Waals surface area contributed by atoms with E-state index in [9.17, 15) is 4.79 Å². The van der Waals surface area contributed by atoms with Gasteiger partial charge in [-0.15, -0.1) is 0 Å². The molecule has 0 aromatic heterocycles. The molecule has 1 saturated carbocycles. The fourth-order valence-electron chi connectivity index (χ4n) is 2.48. The van der Waals surface area contributed by atoms with E-state index in [0.29, 0.717) is 25.0 Å². The number of methoxy groups -OCH3 is 1. The molecule has 1 aromatic carbocycles. The van der Waals surface area contributed by atoms with Gasteiger partial charge in [0.05, 0.1) is 13.7 Å². The highest BCUT2D eigenvalue weighted by Crippen LogP contribution is 2.32. The third kappa shape index (κ3) is 5.00. The topological polar surface area (TPSA) is 41.6 Å². The number of amides is 1. The Bertz CT molecular complexity index is 503. The third-order valence-corrected chi connectivity index (χ3v) is 4.31. The van der Waals surface area contributed by atoms with Crippen molar-refractivity contribution >= 4 is 21.8 Å². The number of likely N-dealkylation sites (N-methyl/N-ethyl adjacent to an activating group) is 1. The maximum absolute atomic E-state index is 12.0. The Hall–Kier alpha value is -1.07. The lowest BCUT2D eigenvalue weighted by Crippen LogP contribution is -2.40. The third-order valence-electron chi connectivity index (χ3n) is 3.81. The molecule has 0 bridgehead atoms. The van der Waals surface area contributed by atoms with Gasteiger partial charge in [-0.3, -0.25) is 9.69 Å². The molecular weight excluding hydrogens is 332 g/mol. The van der Waals surface area contributed by atoms with E-state index in [4.69, 9.17) is 4.74 Å². The number of ether oxygens (including phenoxy) is 1. The van der Waals surface area contributed by atoms with E-state index in [1.807, 2.05) is 30.1 Å². The van der Waals surface area contributed by atoms with Crippen molar-refractivity contribution in [3.63, 3.8) is 0 Å². The molecule has 1 atom stereocenters. The highest BCUT2D eigenvalue weighted by molar-refractivity contribution is 9.10. The maximum atomic E-state index is 12.0. The minimum atomic E-state index is 0.0888. The normalized spacial score (nSPS) is 15.9. The predicted molar refractivity (Wildman–Crippen MR) is 87.4 cm³/mol. The lowest BCUT2D eigenvalue weighted by atomic mass is 10.2. The van der Waals surface area contributed by atoms with E-state index in [1.54, 1.807) is 7.11 Å². The summed E-state index contributed by atoms with van der Waals surface area (Å²) in [5, 5.41) is 3.08. The van der Waals surface area contributed by atoms with E-state index >= 15 is 0 Å². The zero-order valence-corrected chi connectivity index (χ0v) is 14.4. The average Bonchev–Trinajstić information content (AvgIpc) is 3.22. The molecule has 4 nitrogen and oxygen atoms in total. The van der Waals surface area contributed by atoms with E-state index < -0.39 is 0 Å². The zero-order valence-electron chi connectivity index (χ0n) is 12.9. The molecule has 1 N–H and O–H groups in total. The van der Waals surface area contributed by atoms with Crippen LogP contribution in [0.2, 0.25) is 0 Å². The van der Waals surface area contributed by atoms with E-state index in [0.717, 1.165) is 15.8 Å². The van der Waals surface area contributed by atoms with Crippen molar-refractivity contribution in [1.29, 1.82) is 0 Å². The molecule has 1 aliphatic rings. The molecule has 0 unspecified atom stereocenters. The SMILES string of the molecule is COc1ccc(Br)cc1CN(C)CC(=O)N[C@@H](C)C1CC1. The number of hydrogen-bond donors (Lipinski definition) is 1. The first-order valence-corrected chi connectivity index (χ1v) is 8.09. The first kappa shape index (κ1) is 16.3. The monoisotopic (exact) mass is 354 g/mol.